The molecule has 7 nitrogen and oxygen atoms in total. The minimum Gasteiger partial charge on any atom is -0.369 e. The SMILES string of the molecule is CCCCCCCc1ccc(C(=O)NCCn2cc(C[C@@]34CCN[C@@H]3Nc3ccccc34)nn2)cc1. The molecule has 7 heteroatoms. The summed E-state index contributed by atoms with van der Waals surface area (Å²) in [5.74, 6) is -0.0442. The summed E-state index contributed by atoms with van der Waals surface area (Å²) in [6.45, 7) is 4.34. The summed E-state index contributed by atoms with van der Waals surface area (Å²) in [6, 6.07) is 16.6. The van der Waals surface area contributed by atoms with Gasteiger partial charge in [-0.15, -0.1) is 5.10 Å². The van der Waals surface area contributed by atoms with Crippen molar-refractivity contribution >= 4 is 11.6 Å². The number of fused-ring (bicyclic) bond motifs is 3. The molecule has 2 atom stereocenters. The third-order valence-electron chi connectivity index (χ3n) is 7.73. The maximum Gasteiger partial charge on any atom is 0.251 e. The number of aryl methyl sites for hydroxylation is 1. The van der Waals surface area contributed by atoms with Crippen LogP contribution in [0.15, 0.2) is 54.7 Å². The molecule has 1 fully saturated rings. The maximum atomic E-state index is 12.6. The summed E-state index contributed by atoms with van der Waals surface area (Å²) >= 11 is 0. The number of anilines is 1. The summed E-state index contributed by atoms with van der Waals surface area (Å²) in [4.78, 5) is 12.6. The predicted molar refractivity (Wildman–Crippen MR) is 143 cm³/mol. The zero-order chi connectivity index (χ0) is 24.8. The molecule has 36 heavy (non-hydrogen) atoms. The molecule has 1 amide bonds. The van der Waals surface area contributed by atoms with E-state index in [1.165, 1.54) is 48.9 Å². The fourth-order valence-corrected chi connectivity index (χ4v) is 5.74. The van der Waals surface area contributed by atoms with Gasteiger partial charge in [-0.05, 0) is 55.1 Å². The monoisotopic (exact) mass is 486 g/mol. The fourth-order valence-electron chi connectivity index (χ4n) is 5.74. The summed E-state index contributed by atoms with van der Waals surface area (Å²) in [5, 5.41) is 19.0. The number of nitrogens with one attached hydrogen (secondary N) is 3. The van der Waals surface area contributed by atoms with Crippen LogP contribution in [-0.2, 0) is 24.8 Å². The topological polar surface area (TPSA) is 83.9 Å². The van der Waals surface area contributed by atoms with Crippen molar-refractivity contribution < 1.29 is 4.79 Å². The Morgan fingerprint density at radius 3 is 2.81 bits per heavy atom. The lowest BCUT2D eigenvalue weighted by atomic mass is 9.76. The Labute approximate surface area is 214 Å². The second-order valence-electron chi connectivity index (χ2n) is 10.2. The largest absolute Gasteiger partial charge is 0.369 e. The number of aromatic nitrogens is 3. The Morgan fingerprint density at radius 1 is 1.11 bits per heavy atom. The molecule has 3 aromatic rings. The number of nitrogens with zero attached hydrogens (tertiary/aromatic N) is 3. The number of benzene rings is 2. The quantitative estimate of drug-likeness (QED) is 0.330. The van der Waals surface area contributed by atoms with Crippen LogP contribution < -0.4 is 16.0 Å². The van der Waals surface area contributed by atoms with Crippen LogP contribution >= 0.6 is 0 Å². The second-order valence-corrected chi connectivity index (χ2v) is 10.2. The van der Waals surface area contributed by atoms with Crippen molar-refractivity contribution in [1.29, 1.82) is 0 Å². The van der Waals surface area contributed by atoms with Crippen LogP contribution in [0, 0.1) is 0 Å². The Bertz CT molecular complexity index is 1160. The molecular weight excluding hydrogens is 448 g/mol. The van der Waals surface area contributed by atoms with Gasteiger partial charge in [-0.1, -0.05) is 68.2 Å². The Balaban J connectivity index is 1.10. The molecule has 0 unspecified atom stereocenters. The normalized spacial score (nSPS) is 20.1. The first-order chi connectivity index (χ1) is 17.7. The van der Waals surface area contributed by atoms with Gasteiger partial charge in [0, 0.05) is 35.8 Å². The number of amides is 1. The molecule has 2 aliphatic heterocycles. The van der Waals surface area contributed by atoms with Crippen molar-refractivity contribution in [3.05, 3.63) is 77.1 Å². The zero-order valence-electron chi connectivity index (χ0n) is 21.3. The lowest BCUT2D eigenvalue weighted by Gasteiger charge is -2.28. The molecule has 0 aliphatic carbocycles. The lowest BCUT2D eigenvalue weighted by Crippen LogP contribution is -2.42. The van der Waals surface area contributed by atoms with Crippen LogP contribution in [0.1, 0.15) is 72.6 Å². The van der Waals surface area contributed by atoms with Crippen molar-refractivity contribution in [3.63, 3.8) is 0 Å². The molecule has 0 bridgehead atoms. The van der Waals surface area contributed by atoms with Gasteiger partial charge in [0.2, 0.25) is 0 Å². The summed E-state index contributed by atoms with van der Waals surface area (Å²) in [5.41, 5.74) is 5.58. The van der Waals surface area contributed by atoms with Gasteiger partial charge in [0.15, 0.2) is 0 Å². The van der Waals surface area contributed by atoms with E-state index >= 15 is 0 Å². The number of carbonyl (C=O) groups excluding carboxylic acids is 1. The lowest BCUT2D eigenvalue weighted by molar-refractivity contribution is 0.0952. The van der Waals surface area contributed by atoms with Gasteiger partial charge in [0.1, 0.15) is 0 Å². The van der Waals surface area contributed by atoms with E-state index in [1.54, 1.807) is 0 Å². The van der Waals surface area contributed by atoms with E-state index in [0.717, 1.165) is 31.5 Å². The predicted octanol–water partition coefficient (Wildman–Crippen LogP) is 4.45. The Morgan fingerprint density at radius 2 is 1.94 bits per heavy atom. The molecular formula is C29H38N6O. The highest BCUT2D eigenvalue weighted by Gasteiger charge is 2.50. The Hall–Kier alpha value is -3.19. The number of rotatable bonds is 12. The number of unbranched alkanes of at least 4 members (excludes halogenated alkanes) is 4. The Kier molecular flexibility index (Phi) is 7.66. The van der Waals surface area contributed by atoms with E-state index < -0.39 is 0 Å². The van der Waals surface area contributed by atoms with E-state index in [-0.39, 0.29) is 17.5 Å². The number of hydrogen-bond donors (Lipinski definition) is 3. The van der Waals surface area contributed by atoms with Gasteiger partial charge in [-0.3, -0.25) is 14.8 Å². The van der Waals surface area contributed by atoms with Gasteiger partial charge in [-0.2, -0.15) is 0 Å². The van der Waals surface area contributed by atoms with Crippen molar-refractivity contribution in [2.75, 3.05) is 18.4 Å². The zero-order valence-corrected chi connectivity index (χ0v) is 21.3. The minimum absolute atomic E-state index is 0.00728. The summed E-state index contributed by atoms with van der Waals surface area (Å²) in [6.07, 6.45) is 11.6. The number of carbonyl (C=O) groups is 1. The van der Waals surface area contributed by atoms with E-state index in [2.05, 4.69) is 69.6 Å². The van der Waals surface area contributed by atoms with Gasteiger partial charge < -0.3 is 10.6 Å². The van der Waals surface area contributed by atoms with Crippen LogP contribution in [0.25, 0.3) is 0 Å². The smallest absolute Gasteiger partial charge is 0.251 e. The standard InChI is InChI=1S/C29H38N6O/c1-2-3-4-5-6-9-22-12-14-23(15-13-22)27(36)30-18-19-35-21-24(33-34-35)20-29-16-17-31-28(29)32-26-11-8-7-10-25(26)29/h7-8,10-15,21,28,31-32H,2-6,9,16-20H2,1H3,(H,30,36)/t28-,29-/m1/s1. The highest BCUT2D eigenvalue weighted by Crippen LogP contribution is 2.47. The van der Waals surface area contributed by atoms with Crippen LogP contribution in [0.2, 0.25) is 0 Å². The van der Waals surface area contributed by atoms with E-state index in [4.69, 9.17) is 0 Å². The first-order valence-corrected chi connectivity index (χ1v) is 13.5. The van der Waals surface area contributed by atoms with Crippen molar-refractivity contribution in [1.82, 2.24) is 25.6 Å². The van der Waals surface area contributed by atoms with Gasteiger partial charge in [-0.25, -0.2) is 0 Å². The molecule has 2 aliphatic rings. The molecule has 1 aromatic heterocycles. The third kappa shape index (κ3) is 5.31. The van der Waals surface area contributed by atoms with Crippen molar-refractivity contribution in [3.8, 4) is 0 Å². The second kappa shape index (κ2) is 11.2. The molecule has 190 valence electrons. The van der Waals surface area contributed by atoms with Crippen LogP contribution in [0.4, 0.5) is 5.69 Å². The molecule has 0 radical (unpaired) electrons. The van der Waals surface area contributed by atoms with Crippen LogP contribution in [0.3, 0.4) is 0 Å². The third-order valence-corrected chi connectivity index (χ3v) is 7.73. The van der Waals surface area contributed by atoms with Crippen molar-refractivity contribution in [2.45, 2.75) is 76.4 Å². The molecule has 2 aromatic carbocycles. The molecule has 3 N–H and O–H groups in total. The van der Waals surface area contributed by atoms with E-state index in [0.29, 0.717) is 18.7 Å². The van der Waals surface area contributed by atoms with Crippen LogP contribution in [-0.4, -0.2) is 40.2 Å². The fraction of sp³-hybridized carbons (Fsp3) is 0.483. The summed E-state index contributed by atoms with van der Waals surface area (Å²) in [7, 11) is 0. The molecule has 0 saturated carbocycles. The molecule has 1 saturated heterocycles. The summed E-state index contributed by atoms with van der Waals surface area (Å²) < 4.78 is 1.83. The molecule has 3 heterocycles. The first kappa shape index (κ1) is 24.5. The van der Waals surface area contributed by atoms with E-state index in [1.807, 2.05) is 23.0 Å². The maximum absolute atomic E-state index is 12.6. The average molecular weight is 487 g/mol. The molecule has 5 rings (SSSR count). The minimum atomic E-state index is -0.0442. The number of para-hydroxylation sites is 1. The van der Waals surface area contributed by atoms with Crippen molar-refractivity contribution in [2.24, 2.45) is 0 Å². The highest BCUT2D eigenvalue weighted by molar-refractivity contribution is 5.94. The van der Waals surface area contributed by atoms with Gasteiger partial charge in [0.25, 0.3) is 5.91 Å². The first-order valence-electron chi connectivity index (χ1n) is 13.5. The highest BCUT2D eigenvalue weighted by atomic mass is 16.1. The average Bonchev–Trinajstić information content (AvgIpc) is 3.58. The van der Waals surface area contributed by atoms with E-state index in [9.17, 15) is 4.79 Å². The number of hydrogen-bond acceptors (Lipinski definition) is 5. The van der Waals surface area contributed by atoms with Gasteiger partial charge in [0.05, 0.1) is 18.4 Å². The van der Waals surface area contributed by atoms with Gasteiger partial charge >= 0.3 is 0 Å². The van der Waals surface area contributed by atoms with Crippen LogP contribution in [0.5, 0.6) is 0 Å². The molecule has 0 spiro atoms.